The topological polar surface area (TPSA) is 102 Å². The number of anilines is 2. The molecule has 9 heteroatoms. The molecule has 4 rings (SSSR count). The summed E-state index contributed by atoms with van der Waals surface area (Å²) >= 11 is 1.32. The van der Waals surface area contributed by atoms with Crippen molar-refractivity contribution in [1.82, 2.24) is 4.98 Å². The predicted molar refractivity (Wildman–Crippen MR) is 123 cm³/mol. The molecule has 1 aromatic heterocycles. The lowest BCUT2D eigenvalue weighted by molar-refractivity contribution is -0.384. The second kappa shape index (κ2) is 8.33. The monoisotopic (exact) mass is 432 g/mol. The number of nitrogens with zero attached hydrogens (tertiary/aromatic N) is 4. The molecule has 0 radical (unpaired) electrons. The predicted octanol–water partition coefficient (Wildman–Crippen LogP) is 6.05. The first-order valence-corrected chi connectivity index (χ1v) is 10.0. The molecule has 31 heavy (non-hydrogen) atoms. The number of fused-ring (bicyclic) bond motifs is 1. The van der Waals surface area contributed by atoms with E-state index in [1.54, 1.807) is 42.3 Å². The van der Waals surface area contributed by atoms with E-state index in [1.807, 2.05) is 30.3 Å². The average Bonchev–Trinajstić information content (AvgIpc) is 3.19. The van der Waals surface area contributed by atoms with Crippen LogP contribution in [0.3, 0.4) is 0 Å². The minimum absolute atomic E-state index is 0.00609. The Morgan fingerprint density at radius 3 is 2.42 bits per heavy atom. The minimum atomic E-state index is -0.443. The van der Waals surface area contributed by atoms with Gasteiger partial charge in [-0.25, -0.2) is 4.98 Å². The first-order chi connectivity index (χ1) is 14.9. The number of para-hydroxylation sites is 1. The number of non-ortho nitro benzene ring substituents is 1. The van der Waals surface area contributed by atoms with E-state index in [0.717, 1.165) is 5.69 Å². The van der Waals surface area contributed by atoms with E-state index in [-0.39, 0.29) is 11.4 Å². The molecule has 0 amide bonds. The lowest BCUT2D eigenvalue weighted by atomic mass is 10.1. The van der Waals surface area contributed by atoms with Gasteiger partial charge in [-0.2, -0.15) is 0 Å². The maximum Gasteiger partial charge on any atom is 0.293 e. The molecule has 0 bridgehead atoms. The molecule has 0 fully saturated rings. The van der Waals surface area contributed by atoms with Crippen molar-refractivity contribution in [3.8, 4) is 0 Å². The quantitative estimate of drug-likeness (QED) is 0.271. The van der Waals surface area contributed by atoms with Crippen LogP contribution in [0.4, 0.5) is 22.7 Å². The van der Waals surface area contributed by atoms with Crippen LogP contribution in [-0.4, -0.2) is 21.9 Å². The van der Waals surface area contributed by atoms with Crippen LogP contribution in [0.1, 0.15) is 10.6 Å². The van der Waals surface area contributed by atoms with Crippen LogP contribution in [0.2, 0.25) is 0 Å². The van der Waals surface area contributed by atoms with Crippen LogP contribution in [0, 0.1) is 20.2 Å². The van der Waals surface area contributed by atoms with Gasteiger partial charge in [0.15, 0.2) is 0 Å². The van der Waals surface area contributed by atoms with Crippen molar-refractivity contribution in [2.75, 3.05) is 11.9 Å². The molecule has 0 aliphatic heterocycles. The summed E-state index contributed by atoms with van der Waals surface area (Å²) in [6.07, 6.45) is 3.49. The van der Waals surface area contributed by atoms with Gasteiger partial charge in [0.2, 0.25) is 0 Å². The lowest BCUT2D eigenvalue weighted by Crippen LogP contribution is -2.11. The number of nitro benzene ring substituents is 2. The molecule has 0 spiro atoms. The fourth-order valence-electron chi connectivity index (χ4n) is 3.15. The Morgan fingerprint density at radius 2 is 1.71 bits per heavy atom. The van der Waals surface area contributed by atoms with Gasteiger partial charge in [0, 0.05) is 30.9 Å². The third-order valence-corrected chi connectivity index (χ3v) is 5.70. The summed E-state index contributed by atoms with van der Waals surface area (Å²) in [7, 11) is 1.79. The van der Waals surface area contributed by atoms with Crippen LogP contribution in [0.5, 0.6) is 0 Å². The van der Waals surface area contributed by atoms with E-state index in [4.69, 9.17) is 0 Å². The number of hydrogen-bond donors (Lipinski definition) is 0. The molecule has 1 heterocycles. The van der Waals surface area contributed by atoms with Crippen LogP contribution < -0.4 is 4.90 Å². The Hall–Kier alpha value is -4.11. The Bertz CT molecular complexity index is 1320. The maximum absolute atomic E-state index is 11.7. The first-order valence-electron chi connectivity index (χ1n) is 9.22. The van der Waals surface area contributed by atoms with Gasteiger partial charge in [-0.15, -0.1) is 11.3 Å². The molecule has 0 unspecified atom stereocenters. The summed E-state index contributed by atoms with van der Waals surface area (Å²) in [5.74, 6) is 0. The third kappa shape index (κ3) is 4.26. The molecule has 0 N–H and O–H groups in total. The molecular formula is C22H16N4O4S. The number of nitro groups is 2. The van der Waals surface area contributed by atoms with Gasteiger partial charge in [0.05, 0.1) is 20.1 Å². The number of rotatable bonds is 6. The fourth-order valence-corrected chi connectivity index (χ4v) is 4.05. The van der Waals surface area contributed by atoms with Crippen molar-refractivity contribution in [2.45, 2.75) is 0 Å². The Morgan fingerprint density at radius 1 is 0.935 bits per heavy atom. The fraction of sp³-hybridized carbons (Fsp3) is 0.0455. The molecular weight excluding hydrogens is 416 g/mol. The molecule has 154 valence electrons. The van der Waals surface area contributed by atoms with Crippen molar-refractivity contribution in [3.05, 3.63) is 97.5 Å². The second-order valence-corrected chi connectivity index (χ2v) is 7.76. The van der Waals surface area contributed by atoms with Crippen molar-refractivity contribution < 1.29 is 9.85 Å². The van der Waals surface area contributed by atoms with E-state index >= 15 is 0 Å². The zero-order valence-corrected chi connectivity index (χ0v) is 17.2. The molecule has 0 saturated heterocycles. The van der Waals surface area contributed by atoms with E-state index < -0.39 is 9.85 Å². The lowest BCUT2D eigenvalue weighted by Gasteiger charge is -2.19. The van der Waals surface area contributed by atoms with Gasteiger partial charge in [-0.05, 0) is 35.9 Å². The van der Waals surface area contributed by atoms with E-state index in [1.165, 1.54) is 29.5 Å². The highest BCUT2D eigenvalue weighted by atomic mass is 32.1. The van der Waals surface area contributed by atoms with Crippen LogP contribution in [-0.2, 0) is 0 Å². The third-order valence-electron chi connectivity index (χ3n) is 4.72. The summed E-state index contributed by atoms with van der Waals surface area (Å²) in [6.45, 7) is 0. The van der Waals surface area contributed by atoms with Crippen molar-refractivity contribution in [3.63, 3.8) is 0 Å². The summed E-state index contributed by atoms with van der Waals surface area (Å²) in [4.78, 5) is 28.0. The zero-order chi connectivity index (χ0) is 22.0. The number of benzene rings is 3. The molecule has 0 saturated carbocycles. The smallest absolute Gasteiger partial charge is 0.293 e. The van der Waals surface area contributed by atoms with E-state index in [2.05, 4.69) is 4.98 Å². The van der Waals surface area contributed by atoms with Crippen molar-refractivity contribution in [1.29, 1.82) is 0 Å². The summed E-state index contributed by atoms with van der Waals surface area (Å²) in [6, 6.07) is 19.0. The molecule has 0 aliphatic carbocycles. The van der Waals surface area contributed by atoms with Gasteiger partial charge in [0.1, 0.15) is 10.7 Å². The number of aromatic nitrogens is 1. The highest BCUT2D eigenvalue weighted by Gasteiger charge is 2.18. The molecule has 4 aromatic rings. The first kappa shape index (κ1) is 20.2. The Balaban J connectivity index is 1.63. The van der Waals surface area contributed by atoms with Crippen LogP contribution >= 0.6 is 11.3 Å². The highest BCUT2D eigenvalue weighted by molar-refractivity contribution is 7.19. The molecule has 8 nitrogen and oxygen atoms in total. The summed E-state index contributed by atoms with van der Waals surface area (Å²) in [5.41, 5.74) is 2.66. The van der Waals surface area contributed by atoms with Crippen molar-refractivity contribution >= 4 is 56.5 Å². The SMILES string of the molecule is CN(c1ccccc1)c1ccc(/C=C/c2nc3ccc([N+](=O)[O-])cc3s2)cc1[N+](=O)[O-]. The maximum atomic E-state index is 11.7. The number of thiazole rings is 1. The van der Waals surface area contributed by atoms with Gasteiger partial charge < -0.3 is 4.90 Å². The zero-order valence-electron chi connectivity index (χ0n) is 16.3. The van der Waals surface area contributed by atoms with Crippen LogP contribution in [0.15, 0.2) is 66.7 Å². The largest absolute Gasteiger partial charge is 0.339 e. The molecule has 0 aliphatic rings. The Labute approximate surface area is 181 Å². The molecule has 3 aromatic carbocycles. The average molecular weight is 432 g/mol. The van der Waals surface area contributed by atoms with Crippen LogP contribution in [0.25, 0.3) is 22.4 Å². The Kier molecular flexibility index (Phi) is 5.42. The molecule has 0 atom stereocenters. The summed E-state index contributed by atoms with van der Waals surface area (Å²) in [5, 5.41) is 23.3. The second-order valence-electron chi connectivity index (χ2n) is 6.69. The summed E-state index contributed by atoms with van der Waals surface area (Å²) < 4.78 is 0.708. The van der Waals surface area contributed by atoms with E-state index in [0.29, 0.717) is 26.5 Å². The van der Waals surface area contributed by atoms with Gasteiger partial charge in [0.25, 0.3) is 11.4 Å². The van der Waals surface area contributed by atoms with Crippen molar-refractivity contribution in [2.24, 2.45) is 0 Å². The normalized spacial score (nSPS) is 11.1. The standard InChI is InChI=1S/C22H16N4O4S/c1-24(16-5-3-2-4-6-16)19-11-7-15(13-20(19)26(29)30)8-12-22-23-18-10-9-17(25(27)28)14-21(18)31-22/h2-14H,1H3/b12-8+. The van der Waals surface area contributed by atoms with E-state index in [9.17, 15) is 20.2 Å². The van der Waals surface area contributed by atoms with Gasteiger partial charge in [-0.1, -0.05) is 30.3 Å². The minimum Gasteiger partial charge on any atom is -0.339 e. The van der Waals surface area contributed by atoms with Gasteiger partial charge >= 0.3 is 0 Å². The number of hydrogen-bond acceptors (Lipinski definition) is 7. The van der Waals surface area contributed by atoms with Gasteiger partial charge in [-0.3, -0.25) is 20.2 Å². The highest BCUT2D eigenvalue weighted by Crippen LogP contribution is 2.34.